The number of thiazole rings is 1. The standard InChI is InChI=1S/C32H26N4O2S/c33-20-29-35-30-26-12-6-7-13-27(26)36(19-18-28(30)39-29)32(38)22-14-16-23(17-15-22)34-31(37)25-11-5-4-10-24(25)21-8-2-1-3-9-21/h1-17H,18-20,33H2,(H,34,37). The van der Waals surface area contributed by atoms with Gasteiger partial charge < -0.3 is 16.0 Å². The molecule has 0 saturated carbocycles. The number of aromatic nitrogens is 1. The van der Waals surface area contributed by atoms with Gasteiger partial charge in [0.25, 0.3) is 11.8 Å². The summed E-state index contributed by atoms with van der Waals surface area (Å²) in [5.41, 5.74) is 12.1. The van der Waals surface area contributed by atoms with Gasteiger partial charge in [-0.05, 0) is 47.5 Å². The van der Waals surface area contributed by atoms with Crippen LogP contribution in [0.2, 0.25) is 0 Å². The van der Waals surface area contributed by atoms with Crippen molar-refractivity contribution in [2.75, 3.05) is 16.8 Å². The lowest BCUT2D eigenvalue weighted by Gasteiger charge is -2.23. The predicted molar refractivity (Wildman–Crippen MR) is 157 cm³/mol. The number of hydrogen-bond donors (Lipinski definition) is 2. The molecule has 2 amide bonds. The number of fused-ring (bicyclic) bond motifs is 3. The molecule has 192 valence electrons. The summed E-state index contributed by atoms with van der Waals surface area (Å²) in [6.45, 7) is 0.951. The maximum absolute atomic E-state index is 13.7. The zero-order chi connectivity index (χ0) is 26.8. The molecule has 39 heavy (non-hydrogen) atoms. The number of hydrogen-bond acceptors (Lipinski definition) is 5. The number of nitrogens with one attached hydrogen (secondary N) is 1. The van der Waals surface area contributed by atoms with E-state index >= 15 is 0 Å². The maximum atomic E-state index is 13.7. The molecule has 1 aliphatic rings. The lowest BCUT2D eigenvalue weighted by atomic mass is 9.99. The molecule has 0 atom stereocenters. The van der Waals surface area contributed by atoms with Crippen LogP contribution in [0.4, 0.5) is 11.4 Å². The van der Waals surface area contributed by atoms with Gasteiger partial charge in [-0.1, -0.05) is 66.7 Å². The number of carbonyl (C=O) groups excluding carboxylic acids is 2. The van der Waals surface area contributed by atoms with Crippen molar-refractivity contribution in [1.82, 2.24) is 4.98 Å². The fourth-order valence-electron chi connectivity index (χ4n) is 4.92. The van der Waals surface area contributed by atoms with Crippen LogP contribution < -0.4 is 16.0 Å². The van der Waals surface area contributed by atoms with Crippen LogP contribution in [0.15, 0.2) is 103 Å². The summed E-state index contributed by atoms with van der Waals surface area (Å²) < 4.78 is 0. The zero-order valence-corrected chi connectivity index (χ0v) is 21.9. The van der Waals surface area contributed by atoms with E-state index in [1.807, 2.05) is 83.8 Å². The van der Waals surface area contributed by atoms with Crippen LogP contribution in [0.1, 0.15) is 30.6 Å². The van der Waals surface area contributed by atoms with E-state index in [4.69, 9.17) is 10.7 Å². The fraction of sp³-hybridized carbons (Fsp3) is 0.0938. The Morgan fingerprint density at radius 2 is 1.54 bits per heavy atom. The Morgan fingerprint density at radius 3 is 2.31 bits per heavy atom. The SMILES string of the molecule is NCc1nc2c(s1)CCN(C(=O)c1ccc(NC(=O)c3ccccc3-c3ccccc3)cc1)c1ccccc1-2. The highest BCUT2D eigenvalue weighted by molar-refractivity contribution is 7.12. The summed E-state index contributed by atoms with van der Waals surface area (Å²) in [4.78, 5) is 34.6. The van der Waals surface area contributed by atoms with E-state index in [2.05, 4.69) is 5.32 Å². The summed E-state index contributed by atoms with van der Waals surface area (Å²) in [6.07, 6.45) is 0.711. The Labute approximate surface area is 230 Å². The van der Waals surface area contributed by atoms with Crippen molar-refractivity contribution in [1.29, 1.82) is 0 Å². The summed E-state index contributed by atoms with van der Waals surface area (Å²) in [7, 11) is 0. The molecular weight excluding hydrogens is 504 g/mol. The second-order valence-corrected chi connectivity index (χ2v) is 10.4. The number of para-hydroxylation sites is 1. The van der Waals surface area contributed by atoms with E-state index in [-0.39, 0.29) is 11.8 Å². The molecule has 0 aliphatic carbocycles. The van der Waals surface area contributed by atoms with Crippen LogP contribution in [0.25, 0.3) is 22.4 Å². The highest BCUT2D eigenvalue weighted by Gasteiger charge is 2.27. The Kier molecular flexibility index (Phi) is 6.75. The highest BCUT2D eigenvalue weighted by atomic mass is 32.1. The number of benzene rings is 4. The van der Waals surface area contributed by atoms with Crippen LogP contribution in [-0.4, -0.2) is 23.3 Å². The molecule has 0 bridgehead atoms. The van der Waals surface area contributed by atoms with Crippen LogP contribution in [0.3, 0.4) is 0 Å². The van der Waals surface area contributed by atoms with E-state index < -0.39 is 0 Å². The van der Waals surface area contributed by atoms with Crippen molar-refractivity contribution in [3.63, 3.8) is 0 Å². The molecular formula is C32H26N4O2S. The summed E-state index contributed by atoms with van der Waals surface area (Å²) >= 11 is 1.61. The molecule has 6 nitrogen and oxygen atoms in total. The van der Waals surface area contributed by atoms with Crippen molar-refractivity contribution >= 4 is 34.5 Å². The second-order valence-electron chi connectivity index (χ2n) is 9.25. The van der Waals surface area contributed by atoms with E-state index in [0.717, 1.165) is 38.0 Å². The van der Waals surface area contributed by atoms with Gasteiger partial charge in [0.2, 0.25) is 0 Å². The topological polar surface area (TPSA) is 88.3 Å². The van der Waals surface area contributed by atoms with Gasteiger partial charge in [0, 0.05) is 46.8 Å². The molecule has 6 rings (SSSR count). The maximum Gasteiger partial charge on any atom is 0.258 e. The first-order valence-electron chi connectivity index (χ1n) is 12.8. The molecule has 7 heteroatoms. The van der Waals surface area contributed by atoms with Gasteiger partial charge in [0.05, 0.1) is 11.4 Å². The number of anilines is 2. The quantitative estimate of drug-likeness (QED) is 0.276. The van der Waals surface area contributed by atoms with E-state index in [9.17, 15) is 9.59 Å². The molecule has 0 saturated heterocycles. The number of nitrogens with two attached hydrogens (primary N) is 1. The molecule has 1 aliphatic heterocycles. The minimum absolute atomic E-state index is 0.0936. The molecule has 3 N–H and O–H groups in total. The minimum Gasteiger partial charge on any atom is -0.325 e. The predicted octanol–water partition coefficient (Wildman–Crippen LogP) is 6.39. The highest BCUT2D eigenvalue weighted by Crippen LogP contribution is 2.39. The Hall–Kier alpha value is -4.59. The van der Waals surface area contributed by atoms with Crippen LogP contribution in [0, 0.1) is 0 Å². The van der Waals surface area contributed by atoms with E-state index in [1.165, 1.54) is 0 Å². The lowest BCUT2D eigenvalue weighted by Crippen LogP contribution is -2.32. The monoisotopic (exact) mass is 530 g/mol. The zero-order valence-electron chi connectivity index (χ0n) is 21.1. The second kappa shape index (κ2) is 10.6. The first-order valence-corrected chi connectivity index (χ1v) is 13.6. The van der Waals surface area contributed by atoms with Crippen LogP contribution >= 0.6 is 11.3 Å². The van der Waals surface area contributed by atoms with E-state index in [1.54, 1.807) is 35.6 Å². The molecule has 0 radical (unpaired) electrons. The molecule has 0 spiro atoms. The summed E-state index contributed by atoms with van der Waals surface area (Å²) in [6, 6.07) is 32.3. The van der Waals surface area contributed by atoms with Gasteiger partial charge in [-0.2, -0.15) is 0 Å². The average Bonchev–Trinajstić information content (AvgIpc) is 3.35. The lowest BCUT2D eigenvalue weighted by molar-refractivity contribution is 0.0986. The third-order valence-corrected chi connectivity index (χ3v) is 7.96. The largest absolute Gasteiger partial charge is 0.325 e. The average molecular weight is 531 g/mol. The molecule has 0 unspecified atom stereocenters. The fourth-order valence-corrected chi connectivity index (χ4v) is 5.87. The number of rotatable bonds is 5. The van der Waals surface area contributed by atoms with Gasteiger partial charge in [-0.25, -0.2) is 4.98 Å². The molecule has 1 aromatic heterocycles. The Bertz CT molecular complexity index is 1660. The van der Waals surface area contributed by atoms with Crippen molar-refractivity contribution in [2.24, 2.45) is 5.73 Å². The van der Waals surface area contributed by atoms with Crippen molar-refractivity contribution < 1.29 is 9.59 Å². The molecule has 4 aromatic carbocycles. The molecule has 0 fully saturated rings. The van der Waals surface area contributed by atoms with Gasteiger partial charge in [-0.15, -0.1) is 11.3 Å². The number of carbonyl (C=O) groups is 2. The van der Waals surface area contributed by atoms with Gasteiger partial charge in [0.15, 0.2) is 0 Å². The third kappa shape index (κ3) is 4.85. The first kappa shape index (κ1) is 24.7. The number of amides is 2. The van der Waals surface area contributed by atoms with E-state index in [0.29, 0.717) is 36.3 Å². The van der Waals surface area contributed by atoms with Gasteiger partial charge in [-0.3, -0.25) is 9.59 Å². The third-order valence-electron chi connectivity index (χ3n) is 6.82. The van der Waals surface area contributed by atoms with Gasteiger partial charge in [0.1, 0.15) is 5.01 Å². The van der Waals surface area contributed by atoms with Crippen LogP contribution in [0.5, 0.6) is 0 Å². The van der Waals surface area contributed by atoms with Crippen LogP contribution in [-0.2, 0) is 13.0 Å². The normalized spacial score (nSPS) is 12.3. The smallest absolute Gasteiger partial charge is 0.258 e. The van der Waals surface area contributed by atoms with Crippen molar-refractivity contribution in [3.8, 4) is 22.4 Å². The minimum atomic E-state index is -0.203. The summed E-state index contributed by atoms with van der Waals surface area (Å²) in [5, 5.41) is 3.88. The molecule has 2 heterocycles. The Balaban J connectivity index is 1.23. The number of nitrogens with zero attached hydrogens (tertiary/aromatic N) is 2. The molecule has 5 aromatic rings. The first-order chi connectivity index (χ1) is 19.1. The summed E-state index contributed by atoms with van der Waals surface area (Å²) in [5.74, 6) is -0.297. The van der Waals surface area contributed by atoms with Crippen molar-refractivity contribution in [2.45, 2.75) is 13.0 Å². The van der Waals surface area contributed by atoms with Gasteiger partial charge >= 0.3 is 0 Å². The Morgan fingerprint density at radius 1 is 0.846 bits per heavy atom. The van der Waals surface area contributed by atoms with Crippen molar-refractivity contribution in [3.05, 3.63) is 124 Å².